The predicted molar refractivity (Wildman–Crippen MR) is 48.0 cm³/mol. The molecule has 0 aliphatic carbocycles. The molecular weight excluding hydrogens is 188 g/mol. The van der Waals surface area contributed by atoms with Crippen molar-refractivity contribution in [1.29, 1.82) is 0 Å². The molecule has 1 aliphatic rings. The standard InChI is InChI=1S/C10H11F2NO/c11-7-4-3-6-8(13)2-1-5-14-10(6)9(7)12/h3-4,8H,1-2,5,13H2. The SMILES string of the molecule is NC1CCCOc2c1ccc(F)c2F. The van der Waals surface area contributed by atoms with Crippen molar-refractivity contribution in [3.63, 3.8) is 0 Å². The fourth-order valence-corrected chi connectivity index (χ4v) is 1.62. The van der Waals surface area contributed by atoms with E-state index >= 15 is 0 Å². The first-order valence-corrected chi connectivity index (χ1v) is 4.56. The Morgan fingerprint density at radius 1 is 1.36 bits per heavy atom. The summed E-state index contributed by atoms with van der Waals surface area (Å²) in [6.07, 6.45) is 1.50. The van der Waals surface area contributed by atoms with Crippen LogP contribution in [0, 0.1) is 11.6 Å². The third-order valence-corrected chi connectivity index (χ3v) is 2.39. The number of hydrogen-bond acceptors (Lipinski definition) is 2. The summed E-state index contributed by atoms with van der Waals surface area (Å²) < 4.78 is 31.3. The minimum Gasteiger partial charge on any atom is -0.490 e. The summed E-state index contributed by atoms with van der Waals surface area (Å²) in [5.41, 5.74) is 6.35. The quantitative estimate of drug-likeness (QED) is 0.694. The van der Waals surface area contributed by atoms with Crippen LogP contribution in [0.3, 0.4) is 0 Å². The summed E-state index contributed by atoms with van der Waals surface area (Å²) in [5, 5.41) is 0. The molecule has 0 saturated carbocycles. The molecule has 0 spiro atoms. The number of fused-ring (bicyclic) bond motifs is 1. The van der Waals surface area contributed by atoms with E-state index in [1.165, 1.54) is 6.07 Å². The molecule has 2 N–H and O–H groups in total. The zero-order valence-electron chi connectivity index (χ0n) is 7.59. The lowest BCUT2D eigenvalue weighted by Gasteiger charge is -2.12. The van der Waals surface area contributed by atoms with Crippen LogP contribution in [-0.4, -0.2) is 6.61 Å². The van der Waals surface area contributed by atoms with E-state index < -0.39 is 11.6 Å². The molecule has 4 heteroatoms. The van der Waals surface area contributed by atoms with Gasteiger partial charge < -0.3 is 10.5 Å². The van der Waals surface area contributed by atoms with Gasteiger partial charge in [0, 0.05) is 11.6 Å². The normalized spacial score (nSPS) is 20.9. The van der Waals surface area contributed by atoms with Gasteiger partial charge in [-0.05, 0) is 18.9 Å². The maximum atomic E-state index is 13.3. The van der Waals surface area contributed by atoms with Crippen molar-refractivity contribution in [2.75, 3.05) is 6.61 Å². The number of rotatable bonds is 0. The van der Waals surface area contributed by atoms with Gasteiger partial charge in [-0.15, -0.1) is 0 Å². The van der Waals surface area contributed by atoms with E-state index in [2.05, 4.69) is 0 Å². The van der Waals surface area contributed by atoms with E-state index in [1.807, 2.05) is 0 Å². The van der Waals surface area contributed by atoms with Crippen LogP contribution >= 0.6 is 0 Å². The van der Waals surface area contributed by atoms with Crippen LogP contribution in [0.1, 0.15) is 24.4 Å². The minimum atomic E-state index is -0.931. The molecule has 0 saturated heterocycles. The molecule has 0 fully saturated rings. The Morgan fingerprint density at radius 2 is 2.14 bits per heavy atom. The Morgan fingerprint density at radius 3 is 2.93 bits per heavy atom. The summed E-state index contributed by atoms with van der Waals surface area (Å²) in [6, 6.07) is 2.31. The molecular formula is C10H11F2NO. The van der Waals surface area contributed by atoms with E-state index in [4.69, 9.17) is 10.5 Å². The van der Waals surface area contributed by atoms with Crippen molar-refractivity contribution in [1.82, 2.24) is 0 Å². The van der Waals surface area contributed by atoms with Crippen LogP contribution in [0.4, 0.5) is 8.78 Å². The Bertz CT molecular complexity index is 354. The molecule has 1 aromatic carbocycles. The number of nitrogens with two attached hydrogens (primary N) is 1. The van der Waals surface area contributed by atoms with E-state index in [1.54, 1.807) is 0 Å². The predicted octanol–water partition coefficient (Wildman–Crippen LogP) is 2.14. The fourth-order valence-electron chi connectivity index (χ4n) is 1.62. The molecule has 2 nitrogen and oxygen atoms in total. The highest BCUT2D eigenvalue weighted by Gasteiger charge is 2.21. The van der Waals surface area contributed by atoms with Crippen molar-refractivity contribution in [2.45, 2.75) is 18.9 Å². The number of hydrogen-bond donors (Lipinski definition) is 1. The topological polar surface area (TPSA) is 35.2 Å². The molecule has 0 bridgehead atoms. The van der Waals surface area contributed by atoms with Gasteiger partial charge in [0.1, 0.15) is 0 Å². The van der Waals surface area contributed by atoms with Gasteiger partial charge in [0.15, 0.2) is 11.6 Å². The average Bonchev–Trinajstić information content (AvgIpc) is 2.35. The van der Waals surface area contributed by atoms with Crippen LogP contribution in [0.2, 0.25) is 0 Å². The van der Waals surface area contributed by atoms with Crippen LogP contribution < -0.4 is 10.5 Å². The van der Waals surface area contributed by atoms with E-state index in [9.17, 15) is 8.78 Å². The monoisotopic (exact) mass is 199 g/mol. The Kier molecular flexibility index (Phi) is 2.37. The number of ether oxygens (including phenoxy) is 1. The maximum absolute atomic E-state index is 13.3. The zero-order valence-corrected chi connectivity index (χ0v) is 7.59. The molecule has 0 aromatic heterocycles. The molecule has 1 atom stereocenters. The molecule has 1 heterocycles. The van der Waals surface area contributed by atoms with Gasteiger partial charge in [0.05, 0.1) is 6.61 Å². The molecule has 2 rings (SSSR count). The summed E-state index contributed by atoms with van der Waals surface area (Å²) >= 11 is 0. The molecule has 14 heavy (non-hydrogen) atoms. The highest BCUT2D eigenvalue weighted by atomic mass is 19.2. The Labute approximate surface area is 80.7 Å². The lowest BCUT2D eigenvalue weighted by Crippen LogP contribution is -2.09. The van der Waals surface area contributed by atoms with Gasteiger partial charge in [-0.1, -0.05) is 6.07 Å². The second-order valence-corrected chi connectivity index (χ2v) is 3.38. The molecule has 76 valence electrons. The van der Waals surface area contributed by atoms with E-state index in [0.717, 1.165) is 18.9 Å². The number of halogens is 2. The molecule has 1 aromatic rings. The smallest absolute Gasteiger partial charge is 0.200 e. The maximum Gasteiger partial charge on any atom is 0.200 e. The third kappa shape index (κ3) is 1.46. The van der Waals surface area contributed by atoms with Crippen LogP contribution in [-0.2, 0) is 0 Å². The third-order valence-electron chi connectivity index (χ3n) is 2.39. The van der Waals surface area contributed by atoms with Crippen molar-refractivity contribution in [2.24, 2.45) is 5.73 Å². The summed E-state index contributed by atoms with van der Waals surface area (Å²) in [4.78, 5) is 0. The summed E-state index contributed by atoms with van der Waals surface area (Å²) in [5.74, 6) is -1.84. The average molecular weight is 199 g/mol. The van der Waals surface area contributed by atoms with Crippen LogP contribution in [0.15, 0.2) is 12.1 Å². The highest BCUT2D eigenvalue weighted by molar-refractivity contribution is 5.38. The van der Waals surface area contributed by atoms with Gasteiger partial charge in [0.25, 0.3) is 0 Å². The van der Waals surface area contributed by atoms with Crippen molar-refractivity contribution in [3.8, 4) is 5.75 Å². The molecule has 1 aliphatic heterocycles. The Hall–Kier alpha value is -1.16. The first-order chi connectivity index (χ1) is 6.70. The molecule has 0 amide bonds. The van der Waals surface area contributed by atoms with Crippen LogP contribution in [0.25, 0.3) is 0 Å². The van der Waals surface area contributed by atoms with Gasteiger partial charge in [-0.25, -0.2) is 4.39 Å². The van der Waals surface area contributed by atoms with E-state index in [0.29, 0.717) is 12.2 Å². The second kappa shape index (κ2) is 3.53. The lowest BCUT2D eigenvalue weighted by atomic mass is 10.0. The van der Waals surface area contributed by atoms with Gasteiger partial charge in [0.2, 0.25) is 5.82 Å². The fraction of sp³-hybridized carbons (Fsp3) is 0.400. The van der Waals surface area contributed by atoms with Gasteiger partial charge in [-0.3, -0.25) is 0 Å². The molecule has 1 unspecified atom stereocenters. The molecule has 0 radical (unpaired) electrons. The summed E-state index contributed by atoms with van der Waals surface area (Å²) in [6.45, 7) is 0.390. The van der Waals surface area contributed by atoms with Crippen LogP contribution in [0.5, 0.6) is 5.75 Å². The van der Waals surface area contributed by atoms with Crippen molar-refractivity contribution in [3.05, 3.63) is 29.3 Å². The lowest BCUT2D eigenvalue weighted by molar-refractivity contribution is 0.295. The van der Waals surface area contributed by atoms with Gasteiger partial charge in [-0.2, -0.15) is 4.39 Å². The largest absolute Gasteiger partial charge is 0.490 e. The van der Waals surface area contributed by atoms with Gasteiger partial charge >= 0.3 is 0 Å². The second-order valence-electron chi connectivity index (χ2n) is 3.38. The first-order valence-electron chi connectivity index (χ1n) is 4.56. The first kappa shape index (κ1) is 9.40. The van der Waals surface area contributed by atoms with Crippen molar-refractivity contribution >= 4 is 0 Å². The Balaban J connectivity index is 2.53. The summed E-state index contributed by atoms with van der Waals surface area (Å²) in [7, 11) is 0. The number of benzene rings is 1. The van der Waals surface area contributed by atoms with E-state index in [-0.39, 0.29) is 11.8 Å². The minimum absolute atomic E-state index is 0.0185. The highest BCUT2D eigenvalue weighted by Crippen LogP contribution is 2.33. The zero-order chi connectivity index (χ0) is 10.1. The van der Waals surface area contributed by atoms with Crippen molar-refractivity contribution < 1.29 is 13.5 Å².